The van der Waals surface area contributed by atoms with E-state index < -0.39 is 0 Å². The van der Waals surface area contributed by atoms with Crippen LogP contribution in [0.25, 0.3) is 10.9 Å². The summed E-state index contributed by atoms with van der Waals surface area (Å²) in [4.78, 5) is 13.7. The second-order valence-electron chi connectivity index (χ2n) is 5.05. The second kappa shape index (κ2) is 5.13. The lowest BCUT2D eigenvalue weighted by Crippen LogP contribution is -2.46. The molecule has 4 nitrogen and oxygen atoms in total. The highest BCUT2D eigenvalue weighted by Gasteiger charge is 2.18. The highest BCUT2D eigenvalue weighted by atomic mass is 15.3. The number of fused-ring (bicyclic) bond motifs is 1. The monoisotopic (exact) mass is 256 g/mol. The Hall–Kier alpha value is -1.68. The predicted molar refractivity (Wildman–Crippen MR) is 78.6 cm³/mol. The fourth-order valence-corrected chi connectivity index (χ4v) is 2.76. The van der Waals surface area contributed by atoms with Crippen molar-refractivity contribution >= 4 is 16.6 Å². The summed E-state index contributed by atoms with van der Waals surface area (Å²) in [6.45, 7) is 9.84. The van der Waals surface area contributed by atoms with Crippen LogP contribution >= 0.6 is 0 Å². The quantitative estimate of drug-likeness (QED) is 0.823. The highest BCUT2D eigenvalue weighted by Crippen LogP contribution is 2.26. The van der Waals surface area contributed by atoms with Crippen LogP contribution in [0, 0.1) is 6.92 Å². The fourth-order valence-electron chi connectivity index (χ4n) is 2.76. The van der Waals surface area contributed by atoms with E-state index in [1.807, 2.05) is 6.92 Å². The molecule has 0 bridgehead atoms. The first kappa shape index (κ1) is 12.4. The molecule has 1 aliphatic heterocycles. The molecule has 1 aromatic heterocycles. The SMILES string of the molecule is CCN1CCN(c2cccc3c(C)ncnc23)CC1. The lowest BCUT2D eigenvalue weighted by atomic mass is 10.1. The Bertz CT molecular complexity index is 573. The normalized spacial score (nSPS) is 17.1. The van der Waals surface area contributed by atoms with Gasteiger partial charge in [0.15, 0.2) is 0 Å². The predicted octanol–water partition coefficient (Wildman–Crippen LogP) is 2.08. The molecule has 0 aliphatic carbocycles. The van der Waals surface area contributed by atoms with Crippen molar-refractivity contribution in [2.24, 2.45) is 0 Å². The highest BCUT2D eigenvalue weighted by molar-refractivity contribution is 5.92. The van der Waals surface area contributed by atoms with Crippen molar-refractivity contribution in [2.45, 2.75) is 13.8 Å². The first-order valence-electron chi connectivity index (χ1n) is 6.97. The molecule has 0 radical (unpaired) electrons. The zero-order valence-electron chi connectivity index (χ0n) is 11.6. The Labute approximate surface area is 114 Å². The molecule has 4 heteroatoms. The summed E-state index contributed by atoms with van der Waals surface area (Å²) in [5.41, 5.74) is 3.39. The summed E-state index contributed by atoms with van der Waals surface area (Å²) < 4.78 is 0. The Morgan fingerprint density at radius 2 is 1.89 bits per heavy atom. The molecule has 0 spiro atoms. The van der Waals surface area contributed by atoms with Crippen LogP contribution < -0.4 is 4.90 Å². The van der Waals surface area contributed by atoms with E-state index in [9.17, 15) is 0 Å². The van der Waals surface area contributed by atoms with Crippen molar-refractivity contribution in [3.8, 4) is 0 Å². The molecular weight excluding hydrogens is 236 g/mol. The van der Waals surface area contributed by atoms with Crippen LogP contribution in [0.2, 0.25) is 0 Å². The van der Waals surface area contributed by atoms with E-state index in [1.165, 1.54) is 5.69 Å². The van der Waals surface area contributed by atoms with Gasteiger partial charge in [-0.1, -0.05) is 19.1 Å². The van der Waals surface area contributed by atoms with Gasteiger partial charge in [0.2, 0.25) is 0 Å². The first-order chi connectivity index (χ1) is 9.29. The molecule has 3 rings (SSSR count). The van der Waals surface area contributed by atoms with Crippen molar-refractivity contribution < 1.29 is 0 Å². The van der Waals surface area contributed by atoms with E-state index in [0.717, 1.165) is 49.3 Å². The molecule has 0 amide bonds. The number of hydrogen-bond donors (Lipinski definition) is 0. The average molecular weight is 256 g/mol. The number of likely N-dealkylation sites (N-methyl/N-ethyl adjacent to an activating group) is 1. The lowest BCUT2D eigenvalue weighted by molar-refractivity contribution is 0.271. The van der Waals surface area contributed by atoms with Crippen LogP contribution in [0.5, 0.6) is 0 Å². The van der Waals surface area contributed by atoms with Crippen LogP contribution in [0.3, 0.4) is 0 Å². The third kappa shape index (κ3) is 2.28. The number of anilines is 1. The Morgan fingerprint density at radius 1 is 1.11 bits per heavy atom. The maximum atomic E-state index is 4.49. The van der Waals surface area contributed by atoms with Gasteiger partial charge in [0.25, 0.3) is 0 Å². The fraction of sp³-hybridized carbons (Fsp3) is 0.467. The Morgan fingerprint density at radius 3 is 2.63 bits per heavy atom. The van der Waals surface area contributed by atoms with Gasteiger partial charge in [-0.15, -0.1) is 0 Å². The second-order valence-corrected chi connectivity index (χ2v) is 5.05. The molecular formula is C15H20N4. The van der Waals surface area contributed by atoms with E-state index >= 15 is 0 Å². The third-order valence-corrected chi connectivity index (χ3v) is 4.00. The minimum Gasteiger partial charge on any atom is -0.367 e. The zero-order chi connectivity index (χ0) is 13.2. The number of piperazine rings is 1. The molecule has 0 atom stereocenters. The molecule has 0 saturated carbocycles. The Kier molecular flexibility index (Phi) is 3.34. The number of para-hydroxylation sites is 1. The van der Waals surface area contributed by atoms with Crippen LogP contribution in [-0.4, -0.2) is 47.6 Å². The van der Waals surface area contributed by atoms with Crippen molar-refractivity contribution in [3.63, 3.8) is 0 Å². The van der Waals surface area contributed by atoms with Crippen LogP contribution in [0.4, 0.5) is 5.69 Å². The van der Waals surface area contributed by atoms with E-state index in [1.54, 1.807) is 6.33 Å². The van der Waals surface area contributed by atoms with Crippen molar-refractivity contribution in [3.05, 3.63) is 30.2 Å². The molecule has 100 valence electrons. The molecule has 1 saturated heterocycles. The van der Waals surface area contributed by atoms with E-state index in [0.29, 0.717) is 0 Å². The number of nitrogens with zero attached hydrogens (tertiary/aromatic N) is 4. The standard InChI is InChI=1S/C15H20N4/c1-3-18-7-9-19(10-8-18)14-6-4-5-13-12(2)16-11-17-15(13)14/h4-6,11H,3,7-10H2,1-2H3. The zero-order valence-corrected chi connectivity index (χ0v) is 11.6. The molecule has 19 heavy (non-hydrogen) atoms. The van der Waals surface area contributed by atoms with E-state index in [-0.39, 0.29) is 0 Å². The molecule has 1 aliphatic rings. The molecule has 0 unspecified atom stereocenters. The summed E-state index contributed by atoms with van der Waals surface area (Å²) in [5.74, 6) is 0. The largest absolute Gasteiger partial charge is 0.367 e. The summed E-state index contributed by atoms with van der Waals surface area (Å²) in [5, 5.41) is 1.16. The molecule has 0 N–H and O–H groups in total. The number of aryl methyl sites for hydroxylation is 1. The van der Waals surface area contributed by atoms with Gasteiger partial charge in [0.05, 0.1) is 11.2 Å². The van der Waals surface area contributed by atoms with Gasteiger partial charge in [-0.3, -0.25) is 0 Å². The molecule has 2 aromatic rings. The van der Waals surface area contributed by atoms with Gasteiger partial charge in [-0.25, -0.2) is 9.97 Å². The van der Waals surface area contributed by atoms with Crippen LogP contribution in [0.1, 0.15) is 12.6 Å². The van der Waals surface area contributed by atoms with Gasteiger partial charge in [-0.2, -0.15) is 0 Å². The van der Waals surface area contributed by atoms with Gasteiger partial charge in [-0.05, 0) is 19.5 Å². The van der Waals surface area contributed by atoms with Gasteiger partial charge < -0.3 is 9.80 Å². The minimum absolute atomic E-state index is 1.05. The molecule has 1 fully saturated rings. The van der Waals surface area contributed by atoms with Crippen molar-refractivity contribution in [1.82, 2.24) is 14.9 Å². The number of benzene rings is 1. The maximum absolute atomic E-state index is 4.49. The third-order valence-electron chi connectivity index (χ3n) is 4.00. The van der Waals surface area contributed by atoms with Crippen LogP contribution in [0.15, 0.2) is 24.5 Å². The number of aromatic nitrogens is 2. The summed E-state index contributed by atoms with van der Waals surface area (Å²) in [7, 11) is 0. The van der Waals surface area contributed by atoms with Crippen molar-refractivity contribution in [1.29, 1.82) is 0 Å². The van der Waals surface area contributed by atoms with Gasteiger partial charge in [0, 0.05) is 37.3 Å². The lowest BCUT2D eigenvalue weighted by Gasteiger charge is -2.35. The summed E-state index contributed by atoms with van der Waals surface area (Å²) >= 11 is 0. The number of hydrogen-bond acceptors (Lipinski definition) is 4. The van der Waals surface area contributed by atoms with E-state index in [2.05, 4.69) is 44.9 Å². The van der Waals surface area contributed by atoms with Crippen LogP contribution in [-0.2, 0) is 0 Å². The van der Waals surface area contributed by atoms with Crippen molar-refractivity contribution in [2.75, 3.05) is 37.6 Å². The summed E-state index contributed by atoms with van der Waals surface area (Å²) in [6.07, 6.45) is 1.67. The Balaban J connectivity index is 1.95. The van der Waals surface area contributed by atoms with Gasteiger partial charge >= 0.3 is 0 Å². The van der Waals surface area contributed by atoms with Gasteiger partial charge in [0.1, 0.15) is 6.33 Å². The molecule has 2 heterocycles. The maximum Gasteiger partial charge on any atom is 0.116 e. The average Bonchev–Trinajstić information content (AvgIpc) is 2.47. The summed E-state index contributed by atoms with van der Waals surface area (Å²) in [6, 6.07) is 6.40. The minimum atomic E-state index is 1.05. The first-order valence-corrected chi connectivity index (χ1v) is 6.97. The molecule has 1 aromatic carbocycles. The van der Waals surface area contributed by atoms with E-state index in [4.69, 9.17) is 0 Å². The topological polar surface area (TPSA) is 32.3 Å². The smallest absolute Gasteiger partial charge is 0.116 e. The number of rotatable bonds is 2.